The monoisotopic (exact) mass is 225 g/mol. The molecule has 0 aromatic carbocycles. The summed E-state index contributed by atoms with van der Waals surface area (Å²) in [6.07, 6.45) is 1.98. The number of carbonyl (C=O) groups excluding carboxylic acids is 2. The number of likely N-dealkylation sites (tertiary alicyclic amines) is 1. The van der Waals surface area contributed by atoms with Crippen molar-refractivity contribution < 1.29 is 9.59 Å². The molecule has 5 nitrogen and oxygen atoms in total. The summed E-state index contributed by atoms with van der Waals surface area (Å²) in [6.45, 7) is 0.972. The van der Waals surface area contributed by atoms with Crippen LogP contribution < -0.4 is 5.73 Å². The predicted molar refractivity (Wildman–Crippen MR) is 54.8 cm³/mol. The molecule has 1 saturated heterocycles. The number of nitrogens with zero attached hydrogens (tertiary/aromatic N) is 2. The molecule has 1 aromatic rings. The van der Waals surface area contributed by atoms with Crippen molar-refractivity contribution in [2.75, 3.05) is 6.54 Å². The number of carbonyl (C=O) groups is 2. The number of amides is 2. The minimum Gasteiger partial charge on any atom is -0.369 e. The summed E-state index contributed by atoms with van der Waals surface area (Å²) in [5, 5.41) is 0. The van der Waals surface area contributed by atoms with Crippen LogP contribution in [0.5, 0.6) is 0 Å². The Morgan fingerprint density at radius 1 is 1.73 bits per heavy atom. The highest BCUT2D eigenvalue weighted by Gasteiger charge is 2.32. The zero-order valence-electron chi connectivity index (χ0n) is 8.05. The third-order valence-corrected chi connectivity index (χ3v) is 3.21. The Balaban J connectivity index is 2.00. The molecule has 2 amide bonds. The van der Waals surface area contributed by atoms with E-state index in [4.69, 9.17) is 5.73 Å². The highest BCUT2D eigenvalue weighted by molar-refractivity contribution is 7.09. The number of hydrogen-bond donors (Lipinski definition) is 1. The van der Waals surface area contributed by atoms with E-state index < -0.39 is 5.91 Å². The van der Waals surface area contributed by atoms with Gasteiger partial charge in [0.05, 0.1) is 18.0 Å². The van der Waals surface area contributed by atoms with Crippen LogP contribution in [0.3, 0.4) is 0 Å². The molecule has 0 saturated carbocycles. The van der Waals surface area contributed by atoms with Crippen molar-refractivity contribution in [2.24, 2.45) is 11.7 Å². The van der Waals surface area contributed by atoms with Gasteiger partial charge in [-0.05, 0) is 0 Å². The van der Waals surface area contributed by atoms with Gasteiger partial charge in [-0.25, -0.2) is 0 Å². The van der Waals surface area contributed by atoms with Gasteiger partial charge in [-0.2, -0.15) is 0 Å². The summed E-state index contributed by atoms with van der Waals surface area (Å²) in [6, 6.07) is 0. The normalized spacial score (nSPS) is 20.9. The Morgan fingerprint density at radius 2 is 2.53 bits per heavy atom. The second-order valence-corrected chi connectivity index (χ2v) is 4.52. The van der Waals surface area contributed by atoms with Gasteiger partial charge in [-0.1, -0.05) is 0 Å². The molecule has 0 bridgehead atoms. The lowest BCUT2D eigenvalue weighted by Gasteiger charge is -2.14. The molecular formula is C9H11N3O2S. The predicted octanol–water partition coefficient (Wildman–Crippen LogP) is -0.0231. The standard InChI is InChI=1S/C9H11N3O2S/c10-9(14)6-1-8(13)12(3-6)4-7-2-11-5-15-7/h2,5-6H,1,3-4H2,(H2,10,14). The fourth-order valence-electron chi connectivity index (χ4n) is 1.62. The maximum Gasteiger partial charge on any atom is 0.223 e. The first-order chi connectivity index (χ1) is 7.16. The van der Waals surface area contributed by atoms with E-state index in [-0.39, 0.29) is 18.2 Å². The molecule has 0 aliphatic carbocycles. The van der Waals surface area contributed by atoms with Crippen LogP contribution in [0.25, 0.3) is 0 Å². The summed E-state index contributed by atoms with van der Waals surface area (Å²) in [7, 11) is 0. The lowest BCUT2D eigenvalue weighted by molar-refractivity contribution is -0.128. The summed E-state index contributed by atoms with van der Waals surface area (Å²) in [5.41, 5.74) is 6.89. The van der Waals surface area contributed by atoms with Crippen LogP contribution in [0.4, 0.5) is 0 Å². The van der Waals surface area contributed by atoms with Crippen LogP contribution >= 0.6 is 11.3 Å². The molecule has 0 spiro atoms. The van der Waals surface area contributed by atoms with Crippen molar-refractivity contribution in [1.29, 1.82) is 0 Å². The highest BCUT2D eigenvalue weighted by Crippen LogP contribution is 2.20. The Kier molecular flexibility index (Phi) is 2.68. The van der Waals surface area contributed by atoms with Crippen molar-refractivity contribution in [3.8, 4) is 0 Å². The summed E-state index contributed by atoms with van der Waals surface area (Å²) < 4.78 is 0. The summed E-state index contributed by atoms with van der Waals surface area (Å²) in [4.78, 5) is 29.1. The van der Waals surface area contributed by atoms with Gasteiger partial charge in [0.2, 0.25) is 11.8 Å². The smallest absolute Gasteiger partial charge is 0.223 e. The van der Waals surface area contributed by atoms with E-state index in [1.165, 1.54) is 11.3 Å². The number of rotatable bonds is 3. The van der Waals surface area contributed by atoms with Crippen molar-refractivity contribution in [1.82, 2.24) is 9.88 Å². The Bertz CT molecular complexity index is 377. The highest BCUT2D eigenvalue weighted by atomic mass is 32.1. The maximum absolute atomic E-state index is 11.5. The number of hydrogen-bond acceptors (Lipinski definition) is 4. The molecule has 1 atom stereocenters. The minimum atomic E-state index is -0.393. The van der Waals surface area contributed by atoms with Crippen molar-refractivity contribution in [3.05, 3.63) is 16.6 Å². The Hall–Kier alpha value is -1.43. The number of nitrogens with two attached hydrogens (primary N) is 1. The van der Waals surface area contributed by atoms with E-state index in [9.17, 15) is 9.59 Å². The van der Waals surface area contributed by atoms with E-state index in [1.54, 1.807) is 16.6 Å². The number of thiazole rings is 1. The van der Waals surface area contributed by atoms with Crippen LogP contribution in [0.2, 0.25) is 0 Å². The molecule has 80 valence electrons. The van der Waals surface area contributed by atoms with Crippen molar-refractivity contribution in [2.45, 2.75) is 13.0 Å². The molecule has 1 fully saturated rings. The molecule has 2 N–H and O–H groups in total. The van der Waals surface area contributed by atoms with Gasteiger partial charge in [0.1, 0.15) is 0 Å². The Morgan fingerprint density at radius 3 is 3.07 bits per heavy atom. The number of primary amides is 1. The summed E-state index contributed by atoms with van der Waals surface area (Å²) in [5.74, 6) is -0.729. The molecule has 1 unspecified atom stereocenters. The van der Waals surface area contributed by atoms with Crippen LogP contribution in [0.15, 0.2) is 11.7 Å². The lowest BCUT2D eigenvalue weighted by Crippen LogP contribution is -2.28. The molecule has 1 aromatic heterocycles. The van der Waals surface area contributed by atoms with Crippen molar-refractivity contribution >= 4 is 23.2 Å². The Labute approximate surface area is 90.9 Å². The second-order valence-electron chi connectivity index (χ2n) is 3.55. The minimum absolute atomic E-state index is 0.00722. The van der Waals surface area contributed by atoms with Gasteiger partial charge in [0.25, 0.3) is 0 Å². The van der Waals surface area contributed by atoms with Crippen LogP contribution in [0.1, 0.15) is 11.3 Å². The number of aromatic nitrogens is 1. The van der Waals surface area contributed by atoms with E-state index in [1.807, 2.05) is 0 Å². The zero-order chi connectivity index (χ0) is 10.8. The molecular weight excluding hydrogens is 214 g/mol. The van der Waals surface area contributed by atoms with Crippen LogP contribution in [0, 0.1) is 5.92 Å². The first kappa shape index (κ1) is 10.1. The molecule has 1 aliphatic heterocycles. The van der Waals surface area contributed by atoms with E-state index in [0.29, 0.717) is 13.1 Å². The fraction of sp³-hybridized carbons (Fsp3) is 0.444. The van der Waals surface area contributed by atoms with Crippen molar-refractivity contribution in [3.63, 3.8) is 0 Å². The fourth-order valence-corrected chi connectivity index (χ4v) is 2.23. The quantitative estimate of drug-likeness (QED) is 0.785. The molecule has 2 rings (SSSR count). The van der Waals surface area contributed by atoms with Gasteiger partial charge in [-0.15, -0.1) is 11.3 Å². The summed E-state index contributed by atoms with van der Waals surface area (Å²) >= 11 is 1.50. The average molecular weight is 225 g/mol. The van der Waals surface area contributed by atoms with Gasteiger partial charge in [0, 0.05) is 24.0 Å². The zero-order valence-corrected chi connectivity index (χ0v) is 8.87. The lowest BCUT2D eigenvalue weighted by atomic mass is 10.1. The third kappa shape index (κ3) is 2.15. The maximum atomic E-state index is 11.5. The molecule has 15 heavy (non-hydrogen) atoms. The van der Waals surface area contributed by atoms with Crippen LogP contribution in [-0.4, -0.2) is 28.2 Å². The van der Waals surface area contributed by atoms with Gasteiger partial charge < -0.3 is 10.6 Å². The molecule has 1 aliphatic rings. The molecule has 0 radical (unpaired) electrons. The van der Waals surface area contributed by atoms with Gasteiger partial charge in [0.15, 0.2) is 0 Å². The van der Waals surface area contributed by atoms with E-state index in [2.05, 4.69) is 4.98 Å². The first-order valence-corrected chi connectivity index (χ1v) is 5.49. The third-order valence-electron chi connectivity index (χ3n) is 2.45. The first-order valence-electron chi connectivity index (χ1n) is 4.61. The van der Waals surface area contributed by atoms with Crippen LogP contribution in [-0.2, 0) is 16.1 Å². The second kappa shape index (κ2) is 3.98. The molecule has 6 heteroatoms. The van der Waals surface area contributed by atoms with Gasteiger partial charge in [-0.3, -0.25) is 14.6 Å². The topological polar surface area (TPSA) is 76.3 Å². The average Bonchev–Trinajstić information content (AvgIpc) is 2.77. The van der Waals surface area contributed by atoms with E-state index in [0.717, 1.165) is 4.88 Å². The molecule has 2 heterocycles. The van der Waals surface area contributed by atoms with E-state index >= 15 is 0 Å². The SMILES string of the molecule is NC(=O)C1CC(=O)N(Cc2cncs2)C1. The van der Waals surface area contributed by atoms with Gasteiger partial charge >= 0.3 is 0 Å². The largest absolute Gasteiger partial charge is 0.369 e.